The highest BCUT2D eigenvalue weighted by Gasteiger charge is 2.14. The molecule has 1 aromatic rings. The van der Waals surface area contributed by atoms with Crippen LogP contribution >= 0.6 is 0 Å². The number of amides is 1. The second kappa shape index (κ2) is 7.11. The first kappa shape index (κ1) is 13.8. The molecule has 5 nitrogen and oxygen atoms in total. The van der Waals surface area contributed by atoms with Crippen LogP contribution < -0.4 is 11.1 Å². The third kappa shape index (κ3) is 4.54. The van der Waals surface area contributed by atoms with E-state index in [1.807, 2.05) is 12.1 Å². The molecule has 1 aliphatic heterocycles. The van der Waals surface area contributed by atoms with E-state index in [1.54, 1.807) is 12.1 Å². The number of benzene rings is 1. The van der Waals surface area contributed by atoms with Crippen molar-refractivity contribution in [3.8, 4) is 0 Å². The van der Waals surface area contributed by atoms with E-state index < -0.39 is 0 Å². The zero-order valence-electron chi connectivity index (χ0n) is 10.9. The van der Waals surface area contributed by atoms with Gasteiger partial charge >= 0.3 is 0 Å². The van der Waals surface area contributed by atoms with E-state index >= 15 is 0 Å². The first-order valence-electron chi connectivity index (χ1n) is 6.59. The Balaban J connectivity index is 1.68. The molecule has 19 heavy (non-hydrogen) atoms. The van der Waals surface area contributed by atoms with Crippen LogP contribution in [0.2, 0.25) is 0 Å². The Morgan fingerprint density at radius 2 is 2.26 bits per heavy atom. The molecule has 5 heteroatoms. The van der Waals surface area contributed by atoms with Gasteiger partial charge in [-0.1, -0.05) is 12.1 Å². The van der Waals surface area contributed by atoms with Crippen LogP contribution in [-0.4, -0.2) is 31.8 Å². The van der Waals surface area contributed by atoms with Crippen LogP contribution in [0.4, 0.5) is 11.4 Å². The van der Waals surface area contributed by atoms with Crippen LogP contribution in [0.1, 0.15) is 19.3 Å². The highest BCUT2D eigenvalue weighted by molar-refractivity contribution is 5.94. The van der Waals surface area contributed by atoms with Gasteiger partial charge in [-0.2, -0.15) is 0 Å². The molecular formula is C14H20N2O3. The van der Waals surface area contributed by atoms with Crippen molar-refractivity contribution in [3.63, 3.8) is 0 Å². The summed E-state index contributed by atoms with van der Waals surface area (Å²) in [4.78, 5) is 11.7. The zero-order valence-corrected chi connectivity index (χ0v) is 10.9. The SMILES string of the molecule is Nc1ccccc1NC(=O)COCC1CCCCO1. The summed E-state index contributed by atoms with van der Waals surface area (Å²) >= 11 is 0. The molecule has 1 aromatic carbocycles. The number of hydrogen-bond acceptors (Lipinski definition) is 4. The Hall–Kier alpha value is -1.59. The Labute approximate surface area is 113 Å². The largest absolute Gasteiger partial charge is 0.397 e. The molecule has 0 spiro atoms. The quantitative estimate of drug-likeness (QED) is 0.795. The first-order chi connectivity index (χ1) is 9.25. The van der Waals surface area contributed by atoms with Crippen LogP contribution in [0.25, 0.3) is 0 Å². The summed E-state index contributed by atoms with van der Waals surface area (Å²) in [6.45, 7) is 1.28. The van der Waals surface area contributed by atoms with Crippen molar-refractivity contribution in [1.82, 2.24) is 0 Å². The lowest BCUT2D eigenvalue weighted by Gasteiger charge is -2.22. The van der Waals surface area contributed by atoms with Gasteiger partial charge in [0.1, 0.15) is 6.61 Å². The summed E-state index contributed by atoms with van der Waals surface area (Å²) < 4.78 is 10.9. The fourth-order valence-electron chi connectivity index (χ4n) is 2.02. The van der Waals surface area contributed by atoms with Gasteiger partial charge < -0.3 is 20.5 Å². The van der Waals surface area contributed by atoms with Gasteiger partial charge in [-0.05, 0) is 31.4 Å². The predicted molar refractivity (Wildman–Crippen MR) is 73.9 cm³/mol. The minimum Gasteiger partial charge on any atom is -0.397 e. The third-order valence-electron chi connectivity index (χ3n) is 3.05. The molecule has 0 bridgehead atoms. The van der Waals surface area contributed by atoms with Gasteiger partial charge in [-0.3, -0.25) is 4.79 Å². The number of carbonyl (C=O) groups excluding carboxylic acids is 1. The van der Waals surface area contributed by atoms with E-state index in [-0.39, 0.29) is 18.6 Å². The molecule has 3 N–H and O–H groups in total. The lowest BCUT2D eigenvalue weighted by Crippen LogP contribution is -2.27. The maximum atomic E-state index is 11.7. The molecular weight excluding hydrogens is 244 g/mol. The van der Waals surface area contributed by atoms with Crippen molar-refractivity contribution in [2.24, 2.45) is 0 Å². The monoisotopic (exact) mass is 264 g/mol. The summed E-state index contributed by atoms with van der Waals surface area (Å²) in [6, 6.07) is 7.15. The molecule has 1 aliphatic rings. The molecule has 0 aromatic heterocycles. The second-order valence-electron chi connectivity index (χ2n) is 4.64. The molecule has 1 atom stereocenters. The van der Waals surface area contributed by atoms with E-state index in [9.17, 15) is 4.79 Å². The Bertz CT molecular complexity index is 417. The minimum atomic E-state index is -0.200. The molecule has 2 rings (SSSR count). The number of rotatable bonds is 5. The maximum absolute atomic E-state index is 11.7. The smallest absolute Gasteiger partial charge is 0.250 e. The number of nitrogens with two attached hydrogens (primary N) is 1. The number of hydrogen-bond donors (Lipinski definition) is 2. The van der Waals surface area contributed by atoms with Crippen LogP contribution in [0.3, 0.4) is 0 Å². The van der Waals surface area contributed by atoms with Crippen LogP contribution in [0, 0.1) is 0 Å². The number of nitrogens with one attached hydrogen (secondary N) is 1. The van der Waals surface area contributed by atoms with Crippen molar-refractivity contribution in [2.75, 3.05) is 30.9 Å². The molecule has 104 valence electrons. The van der Waals surface area contributed by atoms with E-state index in [2.05, 4.69) is 5.32 Å². The number of anilines is 2. The molecule has 0 radical (unpaired) electrons. The summed E-state index contributed by atoms with van der Waals surface area (Å²) in [5.41, 5.74) is 6.90. The Morgan fingerprint density at radius 3 is 3.00 bits per heavy atom. The second-order valence-corrected chi connectivity index (χ2v) is 4.64. The molecule has 0 saturated carbocycles. The average molecular weight is 264 g/mol. The fourth-order valence-corrected chi connectivity index (χ4v) is 2.02. The number of para-hydroxylation sites is 2. The Kier molecular flexibility index (Phi) is 5.18. The molecule has 1 saturated heterocycles. The predicted octanol–water partition coefficient (Wildman–Crippen LogP) is 1.79. The lowest BCUT2D eigenvalue weighted by molar-refractivity contribution is -0.122. The summed E-state index contributed by atoms with van der Waals surface area (Å²) in [6.07, 6.45) is 3.42. The number of ether oxygens (including phenoxy) is 2. The highest BCUT2D eigenvalue weighted by Crippen LogP contribution is 2.16. The maximum Gasteiger partial charge on any atom is 0.250 e. The molecule has 1 unspecified atom stereocenters. The molecule has 1 fully saturated rings. The molecule has 1 heterocycles. The standard InChI is InChI=1S/C14H20N2O3/c15-12-6-1-2-7-13(12)16-14(17)10-18-9-11-5-3-4-8-19-11/h1-2,6-7,11H,3-5,8-10,15H2,(H,16,17). The molecule has 0 aliphatic carbocycles. The normalized spacial score (nSPS) is 19.1. The van der Waals surface area contributed by atoms with Crippen LogP contribution in [0.15, 0.2) is 24.3 Å². The van der Waals surface area contributed by atoms with Crippen molar-refractivity contribution in [2.45, 2.75) is 25.4 Å². The van der Waals surface area contributed by atoms with E-state index in [0.717, 1.165) is 19.4 Å². The van der Waals surface area contributed by atoms with Gasteiger partial charge in [0, 0.05) is 6.61 Å². The average Bonchev–Trinajstić information content (AvgIpc) is 2.43. The highest BCUT2D eigenvalue weighted by atomic mass is 16.5. The van der Waals surface area contributed by atoms with Crippen molar-refractivity contribution < 1.29 is 14.3 Å². The van der Waals surface area contributed by atoms with Crippen molar-refractivity contribution in [3.05, 3.63) is 24.3 Å². The Morgan fingerprint density at radius 1 is 1.42 bits per heavy atom. The van der Waals surface area contributed by atoms with Crippen molar-refractivity contribution in [1.29, 1.82) is 0 Å². The summed E-state index contributed by atoms with van der Waals surface area (Å²) in [5.74, 6) is -0.200. The lowest BCUT2D eigenvalue weighted by atomic mass is 10.1. The summed E-state index contributed by atoms with van der Waals surface area (Å²) in [7, 11) is 0. The fraction of sp³-hybridized carbons (Fsp3) is 0.500. The van der Waals surface area contributed by atoms with Gasteiger partial charge in [0.15, 0.2) is 0 Å². The zero-order chi connectivity index (χ0) is 13.5. The van der Waals surface area contributed by atoms with E-state index in [4.69, 9.17) is 15.2 Å². The first-order valence-corrected chi connectivity index (χ1v) is 6.59. The third-order valence-corrected chi connectivity index (χ3v) is 3.05. The van der Waals surface area contributed by atoms with Crippen molar-refractivity contribution >= 4 is 17.3 Å². The van der Waals surface area contributed by atoms with Crippen LogP contribution in [0.5, 0.6) is 0 Å². The molecule has 1 amide bonds. The van der Waals surface area contributed by atoms with Gasteiger partial charge in [-0.25, -0.2) is 0 Å². The van der Waals surface area contributed by atoms with Gasteiger partial charge in [0.05, 0.1) is 24.1 Å². The van der Waals surface area contributed by atoms with E-state index in [1.165, 1.54) is 6.42 Å². The topological polar surface area (TPSA) is 73.6 Å². The minimum absolute atomic E-state index is 0.0220. The van der Waals surface area contributed by atoms with Gasteiger partial charge in [0.25, 0.3) is 0 Å². The van der Waals surface area contributed by atoms with Gasteiger partial charge in [-0.15, -0.1) is 0 Å². The summed E-state index contributed by atoms with van der Waals surface area (Å²) in [5, 5.41) is 2.72. The van der Waals surface area contributed by atoms with E-state index in [0.29, 0.717) is 18.0 Å². The number of carbonyl (C=O) groups is 1. The van der Waals surface area contributed by atoms with Crippen LogP contribution in [-0.2, 0) is 14.3 Å². The van der Waals surface area contributed by atoms with Gasteiger partial charge in [0.2, 0.25) is 5.91 Å². The number of nitrogen functional groups attached to an aromatic ring is 1.